The smallest absolute Gasteiger partial charge is 0.204 e. The van der Waals surface area contributed by atoms with E-state index >= 15 is 0 Å². The van der Waals surface area contributed by atoms with Gasteiger partial charge in [-0.2, -0.15) is 0 Å². The van der Waals surface area contributed by atoms with Crippen LogP contribution in [0.4, 0.5) is 0 Å². The molecule has 1 saturated heterocycles. The number of hydrogen-bond donors (Lipinski definition) is 0. The average Bonchev–Trinajstić information content (AvgIpc) is 3.51. The van der Waals surface area contributed by atoms with Crippen molar-refractivity contribution in [1.82, 2.24) is 19.2 Å². The maximum Gasteiger partial charge on any atom is 0.204 e. The Balaban J connectivity index is 1.56. The van der Waals surface area contributed by atoms with Crippen molar-refractivity contribution in [2.45, 2.75) is 25.6 Å². The fourth-order valence-corrected chi connectivity index (χ4v) is 5.38. The van der Waals surface area contributed by atoms with Crippen LogP contribution in [-0.2, 0) is 6.67 Å². The molecule has 0 saturated carbocycles. The zero-order valence-corrected chi connectivity index (χ0v) is 18.7. The molecule has 3 heterocycles. The molecule has 5 rings (SSSR count). The second-order valence-corrected chi connectivity index (χ2v) is 9.19. The fraction of sp³-hybridized carbons (Fsp3) is 0.217. The molecule has 4 nitrogen and oxygen atoms in total. The normalized spacial score (nSPS) is 16.9. The third kappa shape index (κ3) is 3.76. The van der Waals surface area contributed by atoms with Crippen molar-refractivity contribution >= 4 is 35.2 Å². The van der Waals surface area contributed by atoms with Gasteiger partial charge in [0.25, 0.3) is 0 Å². The molecule has 0 amide bonds. The Morgan fingerprint density at radius 1 is 1.03 bits per heavy atom. The lowest BCUT2D eigenvalue weighted by Gasteiger charge is -2.23. The minimum atomic E-state index is 0.438. The molecule has 1 fully saturated rings. The van der Waals surface area contributed by atoms with Gasteiger partial charge in [0.2, 0.25) is 4.77 Å². The number of halogens is 1. The van der Waals surface area contributed by atoms with E-state index in [1.54, 1.807) is 0 Å². The van der Waals surface area contributed by atoms with Gasteiger partial charge >= 0.3 is 0 Å². The first kappa shape index (κ1) is 19.7. The maximum atomic E-state index is 6.12. The topological polar surface area (TPSA) is 26.0 Å². The number of hydrogen-bond acceptors (Lipinski definition) is 4. The Morgan fingerprint density at radius 2 is 1.83 bits per heavy atom. The average molecular weight is 453 g/mol. The first-order valence-electron chi connectivity index (χ1n) is 9.99. The molecule has 4 aromatic rings. The molecule has 0 spiro atoms. The second kappa shape index (κ2) is 8.47. The third-order valence-electron chi connectivity index (χ3n) is 5.51. The van der Waals surface area contributed by atoms with E-state index in [-0.39, 0.29) is 0 Å². The molecule has 152 valence electrons. The highest BCUT2D eigenvalue weighted by molar-refractivity contribution is 7.71. The van der Waals surface area contributed by atoms with E-state index in [1.165, 1.54) is 17.7 Å². The standard InChI is InChI=1S/C23H21ClN4S2/c24-18-10-12-19(13-11-18)28-22(17-6-2-1-3-7-17)25-27(23(28)29)16-26-14-4-8-20(26)21-9-5-15-30-21/h1-3,5-7,9-13,15,20H,4,8,14,16H2/t20-/m1/s1. The Bertz CT molecular complexity index is 1180. The molecule has 0 aliphatic carbocycles. The zero-order valence-electron chi connectivity index (χ0n) is 16.3. The lowest BCUT2D eigenvalue weighted by Crippen LogP contribution is -2.26. The quantitative estimate of drug-likeness (QED) is 0.320. The zero-order chi connectivity index (χ0) is 20.5. The van der Waals surface area contributed by atoms with Crippen molar-refractivity contribution in [3.63, 3.8) is 0 Å². The molecule has 1 atom stereocenters. The molecule has 0 radical (unpaired) electrons. The van der Waals surface area contributed by atoms with Gasteiger partial charge < -0.3 is 0 Å². The van der Waals surface area contributed by atoms with Gasteiger partial charge in [0, 0.05) is 28.0 Å². The lowest BCUT2D eigenvalue weighted by molar-refractivity contribution is 0.192. The molecule has 2 aromatic heterocycles. The van der Waals surface area contributed by atoms with E-state index < -0.39 is 0 Å². The van der Waals surface area contributed by atoms with Gasteiger partial charge in [-0.3, -0.25) is 9.47 Å². The molecule has 0 unspecified atom stereocenters. The van der Waals surface area contributed by atoms with Crippen molar-refractivity contribution < 1.29 is 0 Å². The highest BCUT2D eigenvalue weighted by Crippen LogP contribution is 2.35. The predicted molar refractivity (Wildman–Crippen MR) is 126 cm³/mol. The number of thiophene rings is 1. The van der Waals surface area contributed by atoms with Crippen LogP contribution >= 0.6 is 35.2 Å². The third-order valence-corrected chi connectivity index (χ3v) is 7.13. The number of likely N-dealkylation sites (tertiary alicyclic amines) is 1. The summed E-state index contributed by atoms with van der Waals surface area (Å²) in [5.41, 5.74) is 2.00. The summed E-state index contributed by atoms with van der Waals surface area (Å²) in [5, 5.41) is 7.82. The fourth-order valence-electron chi connectivity index (χ4n) is 4.07. The molecule has 1 aliphatic heterocycles. The van der Waals surface area contributed by atoms with Crippen LogP contribution in [-0.4, -0.2) is 25.8 Å². The van der Waals surface area contributed by atoms with E-state index in [1.807, 2.05) is 63.1 Å². The molecule has 2 aromatic carbocycles. The summed E-state index contributed by atoms with van der Waals surface area (Å²) < 4.78 is 4.68. The van der Waals surface area contributed by atoms with Crippen LogP contribution in [0, 0.1) is 4.77 Å². The first-order valence-corrected chi connectivity index (χ1v) is 11.7. The number of nitrogens with zero attached hydrogens (tertiary/aromatic N) is 4. The van der Waals surface area contributed by atoms with Gasteiger partial charge in [-0.1, -0.05) is 48.0 Å². The second-order valence-electron chi connectivity index (χ2n) is 7.41. The van der Waals surface area contributed by atoms with Crippen molar-refractivity contribution in [1.29, 1.82) is 0 Å². The van der Waals surface area contributed by atoms with E-state index in [4.69, 9.17) is 28.9 Å². The Hall–Kier alpha value is -2.25. The van der Waals surface area contributed by atoms with Crippen molar-refractivity contribution in [3.8, 4) is 17.1 Å². The summed E-state index contributed by atoms with van der Waals surface area (Å²) in [6.07, 6.45) is 2.37. The summed E-state index contributed by atoms with van der Waals surface area (Å²) in [6.45, 7) is 1.74. The van der Waals surface area contributed by atoms with Crippen LogP contribution in [0.25, 0.3) is 17.1 Å². The van der Waals surface area contributed by atoms with Gasteiger partial charge in [0.1, 0.15) is 0 Å². The Labute approximate surface area is 190 Å². The van der Waals surface area contributed by atoms with Crippen LogP contribution < -0.4 is 0 Å². The molecule has 30 heavy (non-hydrogen) atoms. The number of benzene rings is 2. The molecule has 7 heteroatoms. The summed E-state index contributed by atoms with van der Waals surface area (Å²) >= 11 is 13.9. The maximum absolute atomic E-state index is 6.12. The van der Waals surface area contributed by atoms with Crippen LogP contribution in [0.15, 0.2) is 72.1 Å². The molecule has 0 bridgehead atoms. The molecular weight excluding hydrogens is 432 g/mol. The summed E-state index contributed by atoms with van der Waals surface area (Å²) in [7, 11) is 0. The van der Waals surface area contributed by atoms with E-state index in [0.717, 1.165) is 23.6 Å². The minimum absolute atomic E-state index is 0.438. The first-order chi connectivity index (χ1) is 14.7. The summed E-state index contributed by atoms with van der Waals surface area (Å²) in [5.74, 6) is 0.842. The Morgan fingerprint density at radius 3 is 2.57 bits per heavy atom. The van der Waals surface area contributed by atoms with Crippen LogP contribution in [0.1, 0.15) is 23.8 Å². The van der Waals surface area contributed by atoms with E-state index in [9.17, 15) is 0 Å². The largest absolute Gasteiger partial charge is 0.276 e. The van der Waals surface area contributed by atoms with Crippen LogP contribution in [0.5, 0.6) is 0 Å². The van der Waals surface area contributed by atoms with Gasteiger partial charge in [0.05, 0.1) is 12.4 Å². The van der Waals surface area contributed by atoms with Gasteiger partial charge in [-0.25, -0.2) is 4.68 Å². The monoisotopic (exact) mass is 452 g/mol. The van der Waals surface area contributed by atoms with E-state index in [2.05, 4.69) is 34.5 Å². The van der Waals surface area contributed by atoms with Crippen molar-refractivity contribution in [2.24, 2.45) is 0 Å². The van der Waals surface area contributed by atoms with E-state index in [0.29, 0.717) is 22.5 Å². The van der Waals surface area contributed by atoms with Crippen LogP contribution in [0.3, 0.4) is 0 Å². The molecular formula is C23H21ClN4S2. The SMILES string of the molecule is S=c1n(CN2CCC[C@@H]2c2cccs2)nc(-c2ccccc2)n1-c1ccc(Cl)cc1. The number of aromatic nitrogens is 3. The predicted octanol–water partition coefficient (Wildman–Crippen LogP) is 6.58. The van der Waals surface area contributed by atoms with Crippen molar-refractivity contribution in [3.05, 3.63) is 86.8 Å². The lowest BCUT2D eigenvalue weighted by atomic mass is 10.2. The van der Waals surface area contributed by atoms with Crippen LogP contribution in [0.2, 0.25) is 5.02 Å². The molecule has 1 aliphatic rings. The highest BCUT2D eigenvalue weighted by Gasteiger charge is 2.28. The molecule has 0 N–H and O–H groups in total. The van der Waals surface area contributed by atoms with Gasteiger partial charge in [-0.05, 0) is 60.8 Å². The highest BCUT2D eigenvalue weighted by atomic mass is 35.5. The Kier molecular flexibility index (Phi) is 5.56. The number of rotatable bonds is 5. The summed E-state index contributed by atoms with van der Waals surface area (Å²) in [4.78, 5) is 3.90. The van der Waals surface area contributed by atoms with Gasteiger partial charge in [0.15, 0.2) is 5.82 Å². The summed E-state index contributed by atoms with van der Waals surface area (Å²) in [6, 6.07) is 22.7. The minimum Gasteiger partial charge on any atom is -0.276 e. The van der Waals surface area contributed by atoms with Gasteiger partial charge in [-0.15, -0.1) is 16.4 Å². The van der Waals surface area contributed by atoms with Crippen molar-refractivity contribution in [2.75, 3.05) is 6.54 Å².